The lowest BCUT2D eigenvalue weighted by molar-refractivity contribution is -0.149. The van der Waals surface area contributed by atoms with Crippen LogP contribution in [0.2, 0.25) is 5.02 Å². The van der Waals surface area contributed by atoms with Crippen molar-refractivity contribution in [3.8, 4) is 0 Å². The van der Waals surface area contributed by atoms with Crippen LogP contribution in [0, 0.1) is 0 Å². The second kappa shape index (κ2) is 4.62. The average Bonchev–Trinajstić information content (AvgIpc) is 2.32. The van der Waals surface area contributed by atoms with E-state index in [0.29, 0.717) is 15.9 Å². The van der Waals surface area contributed by atoms with E-state index in [1.165, 1.54) is 18.3 Å². The van der Waals surface area contributed by atoms with Crippen molar-refractivity contribution in [1.82, 2.24) is 4.98 Å². The van der Waals surface area contributed by atoms with Crippen molar-refractivity contribution in [2.45, 2.75) is 5.92 Å². The molecule has 0 saturated carbocycles. The number of halogens is 1. The summed E-state index contributed by atoms with van der Waals surface area (Å²) in [4.78, 5) is 26.1. The highest BCUT2D eigenvalue weighted by Gasteiger charge is 2.30. The molecule has 0 aliphatic heterocycles. The van der Waals surface area contributed by atoms with E-state index in [1.807, 2.05) is 0 Å². The van der Waals surface area contributed by atoms with Crippen molar-refractivity contribution in [2.75, 3.05) is 0 Å². The number of carboxylic acid groups (broad SMARTS) is 2. The molecule has 0 radical (unpaired) electrons. The van der Waals surface area contributed by atoms with Gasteiger partial charge >= 0.3 is 11.9 Å². The zero-order valence-corrected chi connectivity index (χ0v) is 9.76. The second-order valence-corrected chi connectivity index (χ2v) is 4.05. The predicted octanol–water partition coefficient (Wildman–Crippen LogP) is 2.14. The van der Waals surface area contributed by atoms with Gasteiger partial charge in [-0.2, -0.15) is 0 Å². The number of nitrogens with zero attached hydrogens (tertiary/aromatic N) is 1. The molecule has 0 unspecified atom stereocenters. The molecule has 0 atom stereocenters. The first kappa shape index (κ1) is 12.3. The number of aliphatic carboxylic acids is 2. The molecule has 1 heterocycles. The van der Waals surface area contributed by atoms with E-state index >= 15 is 0 Å². The molecule has 0 bridgehead atoms. The minimum Gasteiger partial charge on any atom is -0.480 e. The van der Waals surface area contributed by atoms with E-state index in [-0.39, 0.29) is 5.56 Å². The Hall–Kier alpha value is -2.14. The van der Waals surface area contributed by atoms with Crippen molar-refractivity contribution < 1.29 is 19.8 Å². The average molecular weight is 266 g/mol. The summed E-state index contributed by atoms with van der Waals surface area (Å²) < 4.78 is 0. The predicted molar refractivity (Wildman–Crippen MR) is 64.8 cm³/mol. The first-order chi connectivity index (χ1) is 8.52. The van der Waals surface area contributed by atoms with Crippen molar-refractivity contribution in [1.29, 1.82) is 0 Å². The molecular formula is C12H8ClNO4. The molecule has 18 heavy (non-hydrogen) atoms. The van der Waals surface area contributed by atoms with Crippen LogP contribution >= 0.6 is 11.6 Å². The highest BCUT2D eigenvalue weighted by molar-refractivity contribution is 6.35. The fourth-order valence-corrected chi connectivity index (χ4v) is 1.98. The molecule has 1 aromatic carbocycles. The van der Waals surface area contributed by atoms with Crippen molar-refractivity contribution in [3.63, 3.8) is 0 Å². The Balaban J connectivity index is 2.75. The van der Waals surface area contributed by atoms with Gasteiger partial charge in [-0.15, -0.1) is 0 Å². The van der Waals surface area contributed by atoms with Gasteiger partial charge in [-0.25, -0.2) is 0 Å². The Kier molecular flexibility index (Phi) is 3.16. The third kappa shape index (κ3) is 2.00. The van der Waals surface area contributed by atoms with Gasteiger partial charge in [0.2, 0.25) is 0 Å². The van der Waals surface area contributed by atoms with Crippen LogP contribution < -0.4 is 0 Å². The summed E-state index contributed by atoms with van der Waals surface area (Å²) in [7, 11) is 0. The summed E-state index contributed by atoms with van der Waals surface area (Å²) in [5.74, 6) is -4.52. The molecule has 2 aromatic rings. The van der Waals surface area contributed by atoms with Gasteiger partial charge < -0.3 is 10.2 Å². The number of aromatic nitrogens is 1. The number of carbonyl (C=O) groups is 2. The number of hydrogen-bond donors (Lipinski definition) is 2. The van der Waals surface area contributed by atoms with E-state index in [4.69, 9.17) is 21.8 Å². The highest BCUT2D eigenvalue weighted by Crippen LogP contribution is 2.29. The van der Waals surface area contributed by atoms with Gasteiger partial charge in [0.15, 0.2) is 5.92 Å². The molecule has 2 rings (SSSR count). The maximum Gasteiger partial charge on any atom is 0.322 e. The SMILES string of the molecule is O=C(O)C(C(=O)O)c1ccc(Cl)c2cccnc12. The Morgan fingerprint density at radius 1 is 1.17 bits per heavy atom. The topological polar surface area (TPSA) is 87.5 Å². The molecule has 5 nitrogen and oxygen atoms in total. The van der Waals surface area contributed by atoms with Gasteiger partial charge in [0.25, 0.3) is 0 Å². The van der Waals surface area contributed by atoms with Crippen LogP contribution in [0.3, 0.4) is 0 Å². The van der Waals surface area contributed by atoms with E-state index < -0.39 is 17.9 Å². The minimum absolute atomic E-state index is 0.120. The van der Waals surface area contributed by atoms with Crippen LogP contribution in [-0.2, 0) is 9.59 Å². The van der Waals surface area contributed by atoms with E-state index in [9.17, 15) is 9.59 Å². The van der Waals surface area contributed by atoms with E-state index in [0.717, 1.165) is 0 Å². The monoisotopic (exact) mass is 265 g/mol. The summed E-state index contributed by atoms with van der Waals surface area (Å²) in [5, 5.41) is 18.9. The van der Waals surface area contributed by atoms with Crippen LogP contribution in [0.15, 0.2) is 30.5 Å². The molecule has 1 aromatic heterocycles. The fourth-order valence-electron chi connectivity index (χ4n) is 1.76. The number of fused-ring (bicyclic) bond motifs is 1. The zero-order valence-electron chi connectivity index (χ0n) is 9.00. The minimum atomic E-state index is -1.65. The van der Waals surface area contributed by atoms with Gasteiger partial charge in [0, 0.05) is 22.2 Å². The highest BCUT2D eigenvalue weighted by atomic mass is 35.5. The van der Waals surface area contributed by atoms with Crippen LogP contribution in [0.4, 0.5) is 0 Å². The van der Waals surface area contributed by atoms with E-state index in [2.05, 4.69) is 4.98 Å². The molecular weight excluding hydrogens is 258 g/mol. The van der Waals surface area contributed by atoms with Crippen molar-refractivity contribution in [2.24, 2.45) is 0 Å². The largest absolute Gasteiger partial charge is 0.480 e. The van der Waals surface area contributed by atoms with Gasteiger partial charge in [-0.3, -0.25) is 14.6 Å². The summed E-state index contributed by atoms with van der Waals surface area (Å²) in [6, 6.07) is 6.16. The van der Waals surface area contributed by atoms with Crippen LogP contribution in [0.25, 0.3) is 10.9 Å². The van der Waals surface area contributed by atoms with Gasteiger partial charge in [-0.05, 0) is 18.2 Å². The van der Waals surface area contributed by atoms with Crippen LogP contribution in [-0.4, -0.2) is 27.1 Å². The molecule has 0 aliphatic carbocycles. The Labute approximate surface area is 107 Å². The van der Waals surface area contributed by atoms with Crippen LogP contribution in [0.1, 0.15) is 11.5 Å². The molecule has 0 amide bonds. The first-order valence-electron chi connectivity index (χ1n) is 5.01. The Bertz CT molecular complexity index is 627. The standard InChI is InChI=1S/C12H8ClNO4/c13-8-4-3-7(9(11(15)16)12(17)18)10-6(8)2-1-5-14-10/h1-5,9H,(H,15,16)(H,17,18). The summed E-state index contributed by atoms with van der Waals surface area (Å²) in [6.07, 6.45) is 1.46. The number of hydrogen-bond acceptors (Lipinski definition) is 3. The third-order valence-electron chi connectivity index (χ3n) is 2.55. The molecule has 0 saturated heterocycles. The smallest absolute Gasteiger partial charge is 0.322 e. The fraction of sp³-hybridized carbons (Fsp3) is 0.0833. The molecule has 0 fully saturated rings. The maximum atomic E-state index is 11.0. The zero-order chi connectivity index (χ0) is 13.3. The Morgan fingerprint density at radius 3 is 2.44 bits per heavy atom. The lowest BCUT2D eigenvalue weighted by Crippen LogP contribution is -2.21. The quantitative estimate of drug-likeness (QED) is 0.830. The molecule has 0 aliphatic rings. The summed E-state index contributed by atoms with van der Waals surface area (Å²) in [6.45, 7) is 0. The number of rotatable bonds is 3. The number of carboxylic acids is 2. The first-order valence-corrected chi connectivity index (χ1v) is 5.39. The Morgan fingerprint density at radius 2 is 1.83 bits per heavy atom. The summed E-state index contributed by atoms with van der Waals surface area (Å²) >= 11 is 5.96. The lowest BCUT2D eigenvalue weighted by Gasteiger charge is -2.11. The van der Waals surface area contributed by atoms with Gasteiger partial charge in [-0.1, -0.05) is 17.7 Å². The van der Waals surface area contributed by atoms with E-state index in [1.54, 1.807) is 12.1 Å². The maximum absolute atomic E-state index is 11.0. The van der Waals surface area contributed by atoms with Crippen molar-refractivity contribution >= 4 is 34.4 Å². The lowest BCUT2D eigenvalue weighted by atomic mass is 9.96. The number of pyridine rings is 1. The molecule has 6 heteroatoms. The molecule has 2 N–H and O–H groups in total. The number of benzene rings is 1. The van der Waals surface area contributed by atoms with Crippen molar-refractivity contribution in [3.05, 3.63) is 41.0 Å². The molecule has 0 spiro atoms. The van der Waals surface area contributed by atoms with Gasteiger partial charge in [0.1, 0.15) is 0 Å². The van der Waals surface area contributed by atoms with Gasteiger partial charge in [0.05, 0.1) is 5.52 Å². The normalized spacial score (nSPS) is 10.8. The molecule has 92 valence electrons. The van der Waals surface area contributed by atoms with Crippen LogP contribution in [0.5, 0.6) is 0 Å². The third-order valence-corrected chi connectivity index (χ3v) is 2.88. The second-order valence-electron chi connectivity index (χ2n) is 3.65. The summed E-state index contributed by atoms with van der Waals surface area (Å²) in [5.41, 5.74) is 0.412.